The van der Waals surface area contributed by atoms with Crippen LogP contribution in [-0.4, -0.2) is 50.0 Å². The highest BCUT2D eigenvalue weighted by Crippen LogP contribution is 2.28. The number of carbonyl (C=O) groups is 1. The number of hydrogen-bond acceptors (Lipinski definition) is 7. The van der Waals surface area contributed by atoms with Crippen LogP contribution in [0.2, 0.25) is 5.02 Å². The first-order chi connectivity index (χ1) is 18.7. The van der Waals surface area contributed by atoms with Crippen LogP contribution in [0.3, 0.4) is 0 Å². The molecular weight excluding hydrogens is 554 g/mol. The van der Waals surface area contributed by atoms with E-state index in [9.17, 15) is 23.4 Å². The van der Waals surface area contributed by atoms with Gasteiger partial charge in [-0.25, -0.2) is 8.42 Å². The van der Waals surface area contributed by atoms with E-state index in [0.717, 1.165) is 22.9 Å². The fourth-order valence-corrected chi connectivity index (χ4v) is 5.01. The molecule has 0 heterocycles. The Morgan fingerprint density at radius 1 is 1.05 bits per heavy atom. The minimum Gasteiger partial charge on any atom is -0.504 e. The third-order valence-corrected chi connectivity index (χ3v) is 7.10. The van der Waals surface area contributed by atoms with Crippen molar-refractivity contribution in [3.63, 3.8) is 0 Å². The number of methoxy groups -OCH3 is 1. The van der Waals surface area contributed by atoms with Crippen LogP contribution < -0.4 is 20.1 Å². The topological polar surface area (TPSA) is 137 Å². The largest absolute Gasteiger partial charge is 0.504 e. The van der Waals surface area contributed by atoms with Crippen LogP contribution in [0.25, 0.3) is 0 Å². The highest BCUT2D eigenvalue weighted by molar-refractivity contribution is 7.92. The standard InChI is InChI=1S/C29H36ClN3O6S/c1-29(2,32-18-26(35)22-9-10-23(30)24(15-22)33-40(4,37)38)16-20-7-5-6-19(12-20)14-28(36)31-17-21-8-11-25(34)27(13-21)39-3/h5-13,15,26,32-35H,14,16-18H2,1-4H3,(H,31,36)/t26-/m0/s1. The second-order valence-corrected chi connectivity index (χ2v) is 12.5. The van der Waals surface area contributed by atoms with E-state index in [-0.39, 0.29) is 40.9 Å². The molecule has 0 bridgehead atoms. The van der Waals surface area contributed by atoms with Crippen LogP contribution in [-0.2, 0) is 34.2 Å². The van der Waals surface area contributed by atoms with Gasteiger partial charge < -0.3 is 25.6 Å². The third kappa shape index (κ3) is 9.71. The quantitative estimate of drug-likeness (QED) is 0.204. The van der Waals surface area contributed by atoms with Crippen molar-refractivity contribution in [1.29, 1.82) is 0 Å². The highest BCUT2D eigenvalue weighted by Gasteiger charge is 2.21. The van der Waals surface area contributed by atoms with E-state index in [1.165, 1.54) is 19.2 Å². The summed E-state index contributed by atoms with van der Waals surface area (Å²) in [5.41, 5.74) is 3.07. The molecule has 1 atom stereocenters. The van der Waals surface area contributed by atoms with Gasteiger partial charge in [-0.1, -0.05) is 48.0 Å². The summed E-state index contributed by atoms with van der Waals surface area (Å²) in [4.78, 5) is 12.6. The minimum absolute atomic E-state index is 0.0438. The van der Waals surface area contributed by atoms with E-state index in [4.69, 9.17) is 16.3 Å². The van der Waals surface area contributed by atoms with E-state index in [2.05, 4.69) is 15.4 Å². The molecule has 3 rings (SSSR count). The molecule has 0 spiro atoms. The zero-order valence-corrected chi connectivity index (χ0v) is 24.6. The van der Waals surface area contributed by atoms with Crippen molar-refractivity contribution in [2.45, 2.75) is 44.9 Å². The number of sulfonamides is 1. The first-order valence-corrected chi connectivity index (χ1v) is 14.9. The number of carbonyl (C=O) groups excluding carboxylic acids is 1. The molecule has 0 saturated heterocycles. The van der Waals surface area contributed by atoms with Gasteiger partial charge in [0.05, 0.1) is 36.6 Å². The molecule has 0 aliphatic heterocycles. The van der Waals surface area contributed by atoms with Gasteiger partial charge in [0.25, 0.3) is 0 Å². The Labute approximate surface area is 240 Å². The molecule has 0 radical (unpaired) electrons. The highest BCUT2D eigenvalue weighted by atomic mass is 35.5. The van der Waals surface area contributed by atoms with Gasteiger partial charge in [0.15, 0.2) is 11.5 Å². The second-order valence-electron chi connectivity index (χ2n) is 10.4. The molecule has 0 fully saturated rings. The minimum atomic E-state index is -3.51. The van der Waals surface area contributed by atoms with Crippen molar-refractivity contribution in [2.24, 2.45) is 0 Å². The molecule has 9 nitrogen and oxygen atoms in total. The summed E-state index contributed by atoms with van der Waals surface area (Å²) in [5.74, 6) is 0.268. The molecule has 1 amide bonds. The number of aliphatic hydroxyl groups is 1. The van der Waals surface area contributed by atoms with Gasteiger partial charge in [-0.3, -0.25) is 9.52 Å². The number of ether oxygens (including phenoxy) is 1. The number of benzene rings is 3. The molecule has 0 aliphatic rings. The Kier molecular flexibility index (Phi) is 10.4. The summed E-state index contributed by atoms with van der Waals surface area (Å²) in [6.07, 6.45) is 1.01. The lowest BCUT2D eigenvalue weighted by molar-refractivity contribution is -0.120. The van der Waals surface area contributed by atoms with Crippen molar-refractivity contribution in [1.82, 2.24) is 10.6 Å². The van der Waals surface area contributed by atoms with Gasteiger partial charge >= 0.3 is 0 Å². The predicted octanol–water partition coefficient (Wildman–Crippen LogP) is 3.93. The Morgan fingerprint density at radius 3 is 2.48 bits per heavy atom. The number of nitrogens with one attached hydrogen (secondary N) is 3. The first-order valence-electron chi connectivity index (χ1n) is 12.7. The molecule has 3 aromatic rings. The van der Waals surface area contributed by atoms with Crippen LogP contribution in [0.5, 0.6) is 11.5 Å². The second kappa shape index (κ2) is 13.4. The molecule has 11 heteroatoms. The number of phenols is 1. The number of phenolic OH excluding ortho intramolecular Hbond substituents is 1. The Bertz CT molecular complexity index is 1450. The van der Waals surface area contributed by atoms with Gasteiger partial charge in [-0.2, -0.15) is 0 Å². The number of halogens is 1. The molecule has 0 aromatic heterocycles. The van der Waals surface area contributed by atoms with Gasteiger partial charge in [0, 0.05) is 18.6 Å². The van der Waals surface area contributed by atoms with E-state index in [1.54, 1.807) is 24.3 Å². The number of β-amino-alcohol motifs (C(OH)–C–C–N with tert-alkyl or cyclic N) is 1. The van der Waals surface area contributed by atoms with E-state index >= 15 is 0 Å². The van der Waals surface area contributed by atoms with Gasteiger partial charge in [0.1, 0.15) is 0 Å². The van der Waals surface area contributed by atoms with Crippen LogP contribution in [0.15, 0.2) is 60.7 Å². The fraction of sp³-hybridized carbons (Fsp3) is 0.345. The van der Waals surface area contributed by atoms with Crippen molar-refractivity contribution < 1.29 is 28.2 Å². The third-order valence-electron chi connectivity index (χ3n) is 6.18. The fourth-order valence-electron chi connectivity index (χ4n) is 4.22. The molecule has 0 unspecified atom stereocenters. The Balaban J connectivity index is 1.55. The lowest BCUT2D eigenvalue weighted by Crippen LogP contribution is -2.43. The summed E-state index contributed by atoms with van der Waals surface area (Å²) in [6.45, 7) is 4.58. The SMILES string of the molecule is COc1cc(CNC(=O)Cc2cccc(CC(C)(C)NC[C@H](O)c3ccc(Cl)c(NS(C)(=O)=O)c3)c2)ccc1O. The number of rotatable bonds is 13. The predicted molar refractivity (Wildman–Crippen MR) is 157 cm³/mol. The summed E-state index contributed by atoms with van der Waals surface area (Å²) in [7, 11) is -2.04. The normalized spacial score (nSPS) is 12.6. The van der Waals surface area contributed by atoms with Crippen molar-refractivity contribution in [3.05, 3.63) is 87.9 Å². The van der Waals surface area contributed by atoms with Crippen LogP contribution in [0.4, 0.5) is 5.69 Å². The summed E-state index contributed by atoms with van der Waals surface area (Å²) < 4.78 is 30.7. The molecule has 40 heavy (non-hydrogen) atoms. The van der Waals surface area contributed by atoms with Gasteiger partial charge in [-0.15, -0.1) is 0 Å². The van der Waals surface area contributed by atoms with Crippen molar-refractivity contribution >= 4 is 33.2 Å². The molecule has 216 valence electrons. The monoisotopic (exact) mass is 589 g/mol. The van der Waals surface area contributed by atoms with Crippen LogP contribution >= 0.6 is 11.6 Å². The maximum absolute atomic E-state index is 12.6. The number of amides is 1. The zero-order valence-electron chi connectivity index (χ0n) is 23.0. The van der Waals surface area contributed by atoms with Crippen LogP contribution in [0.1, 0.15) is 42.2 Å². The molecule has 0 aliphatic carbocycles. The Hall–Kier alpha value is -3.31. The smallest absolute Gasteiger partial charge is 0.229 e. The summed E-state index contributed by atoms with van der Waals surface area (Å²) in [5, 5.41) is 27.0. The number of hydrogen-bond donors (Lipinski definition) is 5. The first kappa shape index (κ1) is 31.2. The van der Waals surface area contributed by atoms with Crippen molar-refractivity contribution in [2.75, 3.05) is 24.6 Å². The lowest BCUT2D eigenvalue weighted by Gasteiger charge is -2.28. The summed E-state index contributed by atoms with van der Waals surface area (Å²) in [6, 6.07) is 17.5. The average Bonchev–Trinajstić information content (AvgIpc) is 2.87. The van der Waals surface area contributed by atoms with Gasteiger partial charge in [-0.05, 0) is 66.8 Å². The molecule has 0 saturated carbocycles. The van der Waals surface area contributed by atoms with Crippen LogP contribution in [0, 0.1) is 0 Å². The molecule has 5 N–H and O–H groups in total. The van der Waals surface area contributed by atoms with E-state index in [0.29, 0.717) is 24.3 Å². The van der Waals surface area contributed by atoms with E-state index in [1.807, 2.05) is 38.1 Å². The van der Waals surface area contributed by atoms with E-state index < -0.39 is 16.1 Å². The Morgan fingerprint density at radius 2 is 1.77 bits per heavy atom. The number of aromatic hydroxyl groups is 1. The van der Waals surface area contributed by atoms with Gasteiger partial charge in [0.2, 0.25) is 15.9 Å². The molecule has 3 aromatic carbocycles. The maximum atomic E-state index is 12.6. The van der Waals surface area contributed by atoms with Crippen molar-refractivity contribution in [3.8, 4) is 11.5 Å². The molecular formula is C29H36ClN3O6S. The lowest BCUT2D eigenvalue weighted by atomic mass is 9.93. The average molecular weight is 590 g/mol. The number of aliphatic hydroxyl groups excluding tert-OH is 1. The number of anilines is 1. The summed E-state index contributed by atoms with van der Waals surface area (Å²) >= 11 is 6.09. The maximum Gasteiger partial charge on any atom is 0.229 e. The zero-order chi connectivity index (χ0) is 29.5.